The third-order valence-corrected chi connectivity index (χ3v) is 5.50. The van der Waals surface area contributed by atoms with E-state index in [9.17, 15) is 22.8 Å². The lowest BCUT2D eigenvalue weighted by Crippen LogP contribution is -2.32. The average Bonchev–Trinajstić information content (AvgIpc) is 3.20. The van der Waals surface area contributed by atoms with Gasteiger partial charge in [-0.25, -0.2) is 4.98 Å². The number of pyridine rings is 1. The number of fused-ring (bicyclic) bond motifs is 1. The van der Waals surface area contributed by atoms with Gasteiger partial charge in [0, 0.05) is 13.3 Å². The summed E-state index contributed by atoms with van der Waals surface area (Å²) < 4.78 is 45.6. The number of amides is 1. The third-order valence-electron chi connectivity index (χ3n) is 5.50. The molecule has 2 atom stereocenters. The first-order chi connectivity index (χ1) is 15.7. The van der Waals surface area contributed by atoms with Crippen molar-refractivity contribution < 1.29 is 27.5 Å². The van der Waals surface area contributed by atoms with Crippen molar-refractivity contribution in [1.29, 1.82) is 0 Å². The number of alkyl halides is 3. The zero-order chi connectivity index (χ0) is 23.8. The largest absolute Gasteiger partial charge is 0.416 e. The zero-order valence-corrected chi connectivity index (χ0v) is 17.5. The van der Waals surface area contributed by atoms with Gasteiger partial charge in [-0.1, -0.05) is 12.1 Å². The molecule has 3 heterocycles. The van der Waals surface area contributed by atoms with E-state index in [1.165, 1.54) is 48.5 Å². The predicted octanol–water partition coefficient (Wildman–Crippen LogP) is 3.69. The fraction of sp³-hybridized carbons (Fsp3) is 0.273. The number of nitrogens with two attached hydrogens (primary N) is 1. The van der Waals surface area contributed by atoms with E-state index in [2.05, 4.69) is 15.4 Å². The number of hydrogen-bond acceptors (Lipinski definition) is 6. The van der Waals surface area contributed by atoms with Crippen LogP contribution in [0.5, 0.6) is 0 Å². The summed E-state index contributed by atoms with van der Waals surface area (Å²) in [6.07, 6.45) is -1.50. The van der Waals surface area contributed by atoms with Crippen LogP contribution in [-0.4, -0.2) is 40.2 Å². The molecule has 1 aliphatic rings. The quantitative estimate of drug-likeness (QED) is 0.602. The van der Waals surface area contributed by atoms with Crippen LogP contribution < -0.4 is 11.1 Å². The summed E-state index contributed by atoms with van der Waals surface area (Å²) in [7, 11) is 1.50. The van der Waals surface area contributed by atoms with Crippen LogP contribution in [0.1, 0.15) is 50.4 Å². The van der Waals surface area contributed by atoms with Crippen LogP contribution >= 0.6 is 0 Å². The Kier molecular flexibility index (Phi) is 5.90. The van der Waals surface area contributed by atoms with Gasteiger partial charge in [-0.15, -0.1) is 0 Å². The zero-order valence-electron chi connectivity index (χ0n) is 17.5. The number of nitrogens with one attached hydrogen (secondary N) is 1. The maximum absolute atomic E-state index is 13.4. The van der Waals surface area contributed by atoms with Crippen molar-refractivity contribution in [1.82, 2.24) is 14.8 Å². The van der Waals surface area contributed by atoms with Crippen molar-refractivity contribution in [2.45, 2.75) is 24.6 Å². The molecule has 4 rings (SSSR count). The molecule has 0 fully saturated rings. The highest BCUT2D eigenvalue weighted by Crippen LogP contribution is 2.39. The average molecular weight is 459 g/mol. The number of ether oxygens (including phenoxy) is 1. The molecular weight excluding hydrogens is 439 g/mol. The molecule has 0 saturated heterocycles. The molecule has 0 saturated carbocycles. The van der Waals surface area contributed by atoms with Crippen LogP contribution in [0.25, 0.3) is 0 Å². The van der Waals surface area contributed by atoms with E-state index in [-0.39, 0.29) is 41.2 Å². The fourth-order valence-electron chi connectivity index (χ4n) is 3.88. The second-order valence-corrected chi connectivity index (χ2v) is 7.66. The summed E-state index contributed by atoms with van der Waals surface area (Å²) in [4.78, 5) is 29.9. The normalized spacial score (nSPS) is 18.1. The Morgan fingerprint density at radius 3 is 2.55 bits per heavy atom. The van der Waals surface area contributed by atoms with Gasteiger partial charge in [-0.05, 0) is 36.2 Å². The molecule has 1 aliphatic heterocycles. The molecule has 2 aromatic heterocycles. The number of methoxy groups -OCH3 is 1. The van der Waals surface area contributed by atoms with Crippen molar-refractivity contribution in [2.75, 3.05) is 24.8 Å². The number of carbonyl (C=O) groups excluding carboxylic acids is 2. The molecule has 0 spiro atoms. The number of carbonyl (C=O) groups is 2. The highest BCUT2D eigenvalue weighted by molar-refractivity contribution is 6.10. The first kappa shape index (κ1) is 22.5. The Morgan fingerprint density at radius 1 is 1.21 bits per heavy atom. The number of nitrogen functional groups attached to an aromatic ring is 1. The summed E-state index contributed by atoms with van der Waals surface area (Å²) in [5.74, 6) is -1.33. The number of rotatable bonds is 5. The van der Waals surface area contributed by atoms with Crippen LogP contribution in [0.15, 0.2) is 48.8 Å². The highest BCUT2D eigenvalue weighted by atomic mass is 19.4. The second-order valence-electron chi connectivity index (χ2n) is 7.66. The Balaban J connectivity index is 1.66. The molecule has 172 valence electrons. The summed E-state index contributed by atoms with van der Waals surface area (Å²) in [6, 6.07) is 7.14. The molecule has 8 nitrogen and oxygen atoms in total. The number of Topliss-reactive ketones (excluding diaryl/α,β-unsaturated/α-hetero) is 1. The molecule has 0 radical (unpaired) electrons. The maximum Gasteiger partial charge on any atom is 0.416 e. The van der Waals surface area contributed by atoms with E-state index in [4.69, 9.17) is 10.5 Å². The molecule has 3 aromatic rings. The van der Waals surface area contributed by atoms with Crippen molar-refractivity contribution >= 4 is 23.2 Å². The number of benzene rings is 1. The van der Waals surface area contributed by atoms with Crippen LogP contribution in [0, 0.1) is 0 Å². The van der Waals surface area contributed by atoms with E-state index in [0.717, 1.165) is 12.1 Å². The molecular formula is C22H20F3N5O3. The number of halogens is 3. The van der Waals surface area contributed by atoms with Gasteiger partial charge in [-0.3, -0.25) is 14.3 Å². The van der Waals surface area contributed by atoms with Gasteiger partial charge in [0.1, 0.15) is 11.5 Å². The molecule has 0 bridgehead atoms. The molecule has 33 heavy (non-hydrogen) atoms. The van der Waals surface area contributed by atoms with Gasteiger partial charge in [-0.2, -0.15) is 18.3 Å². The second kappa shape index (κ2) is 8.66. The van der Waals surface area contributed by atoms with Crippen LogP contribution in [-0.2, 0) is 10.9 Å². The first-order valence-corrected chi connectivity index (χ1v) is 9.99. The van der Waals surface area contributed by atoms with E-state index >= 15 is 0 Å². The third kappa shape index (κ3) is 4.44. The Hall–Kier alpha value is -3.73. The maximum atomic E-state index is 13.4. The summed E-state index contributed by atoms with van der Waals surface area (Å²) in [5, 5.41) is 6.93. The Labute approximate surface area is 186 Å². The van der Waals surface area contributed by atoms with Gasteiger partial charge < -0.3 is 15.8 Å². The van der Waals surface area contributed by atoms with Crippen molar-refractivity contribution in [3.8, 4) is 0 Å². The van der Waals surface area contributed by atoms with Gasteiger partial charge in [0.05, 0.1) is 41.6 Å². The fourth-order valence-corrected chi connectivity index (χ4v) is 3.88. The summed E-state index contributed by atoms with van der Waals surface area (Å²) in [5.41, 5.74) is 5.78. The van der Waals surface area contributed by atoms with Crippen molar-refractivity contribution in [3.63, 3.8) is 0 Å². The lowest BCUT2D eigenvalue weighted by Gasteiger charge is -2.30. The predicted molar refractivity (Wildman–Crippen MR) is 113 cm³/mol. The van der Waals surface area contributed by atoms with Crippen molar-refractivity contribution in [2.24, 2.45) is 0 Å². The van der Waals surface area contributed by atoms with Crippen molar-refractivity contribution in [3.05, 3.63) is 71.2 Å². The van der Waals surface area contributed by atoms with Crippen LogP contribution in [0.4, 0.5) is 24.7 Å². The topological polar surface area (TPSA) is 112 Å². The number of ketones is 1. The Bertz CT molecular complexity index is 1170. The van der Waals surface area contributed by atoms with Gasteiger partial charge in [0.2, 0.25) is 0 Å². The molecule has 3 N–H and O–H groups in total. The van der Waals surface area contributed by atoms with E-state index in [1.54, 1.807) is 0 Å². The van der Waals surface area contributed by atoms with E-state index in [1.807, 2.05) is 0 Å². The first-order valence-electron chi connectivity index (χ1n) is 9.99. The van der Waals surface area contributed by atoms with E-state index in [0.29, 0.717) is 12.0 Å². The lowest BCUT2D eigenvalue weighted by molar-refractivity contribution is -0.137. The monoisotopic (exact) mass is 459 g/mol. The standard InChI is InChI=1S/C22H20F3N5O3/c1-33-11-15-8-16(12-2-5-14(6-3-12)22(23,24)25)20(31)19-17(10-28-30(15)19)29-21(32)13-4-7-18(26)27-9-13/h2-7,9-10,15-16H,8,11H2,1H3,(H2,26,27)(H,29,32). The molecule has 1 aromatic carbocycles. The minimum atomic E-state index is -4.47. The number of hydrogen-bond donors (Lipinski definition) is 2. The van der Waals surface area contributed by atoms with Crippen LogP contribution in [0.3, 0.4) is 0 Å². The number of aromatic nitrogens is 3. The number of nitrogens with zero attached hydrogens (tertiary/aromatic N) is 3. The van der Waals surface area contributed by atoms with Crippen LogP contribution in [0.2, 0.25) is 0 Å². The molecule has 1 amide bonds. The number of anilines is 2. The van der Waals surface area contributed by atoms with Gasteiger partial charge in [0.15, 0.2) is 5.78 Å². The minimum absolute atomic E-state index is 0.157. The minimum Gasteiger partial charge on any atom is -0.384 e. The van der Waals surface area contributed by atoms with Gasteiger partial charge in [0.25, 0.3) is 5.91 Å². The molecule has 11 heteroatoms. The molecule has 2 unspecified atom stereocenters. The van der Waals surface area contributed by atoms with E-state index < -0.39 is 23.6 Å². The lowest BCUT2D eigenvalue weighted by atomic mass is 9.84. The summed E-state index contributed by atoms with van der Waals surface area (Å²) in [6.45, 7) is 0.231. The van der Waals surface area contributed by atoms with Gasteiger partial charge >= 0.3 is 6.18 Å². The Morgan fingerprint density at radius 2 is 1.94 bits per heavy atom. The smallest absolute Gasteiger partial charge is 0.384 e. The SMILES string of the molecule is COCC1CC(c2ccc(C(F)(F)F)cc2)C(=O)c2c(NC(=O)c3ccc(N)nc3)cnn21. The molecule has 0 aliphatic carbocycles. The summed E-state index contributed by atoms with van der Waals surface area (Å²) >= 11 is 0. The highest BCUT2D eigenvalue weighted by Gasteiger charge is 2.38.